The number of aliphatic hydroxyl groups is 1. The monoisotopic (exact) mass is 598 g/mol. The van der Waals surface area contributed by atoms with E-state index in [1.807, 2.05) is 0 Å². The highest BCUT2D eigenvalue weighted by molar-refractivity contribution is 5.23. The highest BCUT2D eigenvalue weighted by Crippen LogP contribution is 2.65. The number of hydrogen-bond acceptors (Lipinski definition) is 1. The van der Waals surface area contributed by atoms with Gasteiger partial charge >= 0.3 is 59.7 Å². The molecule has 0 saturated carbocycles. The molecule has 0 fully saturated rings. The predicted molar refractivity (Wildman–Crippen MR) is 62.0 cm³/mol. The van der Waals surface area contributed by atoms with Gasteiger partial charge in [-0.25, -0.2) is 4.39 Å². The molecule has 216 valence electrons. The molecule has 24 heteroatoms. The Hall–Kier alpha value is -1.91. The molecule has 0 heterocycles. The summed E-state index contributed by atoms with van der Waals surface area (Å²) in [5.74, 6) is -82.0. The maximum Gasteiger partial charge on any atom is 0.445 e. The first-order valence-corrected chi connectivity index (χ1v) is 7.32. The Balaban J connectivity index is 7.18. The highest BCUT2D eigenvalue weighted by atomic mass is 19.4. The van der Waals surface area contributed by atoms with Crippen molar-refractivity contribution in [1.29, 1.82) is 0 Å². The van der Waals surface area contributed by atoms with E-state index in [9.17, 15) is 101 Å². The van der Waals surface area contributed by atoms with Crippen molar-refractivity contribution in [3.8, 4) is 0 Å². The third-order valence-corrected chi connectivity index (χ3v) is 3.86. The minimum atomic E-state index is -9.31. The van der Waals surface area contributed by atoms with Crippen LogP contribution in [0.1, 0.15) is 0 Å². The first-order chi connectivity index (χ1) is 15.1. The Morgan fingerprint density at radius 1 is 0.333 bits per heavy atom. The normalized spacial score (nSPS) is 17.3. The van der Waals surface area contributed by atoms with Crippen LogP contribution in [-0.4, -0.2) is 64.8 Å². The zero-order chi connectivity index (χ0) is 30.2. The molecule has 0 bridgehead atoms. The topological polar surface area (TPSA) is 20.2 Å². The fourth-order valence-electron chi connectivity index (χ4n) is 1.77. The lowest BCUT2D eigenvalue weighted by Gasteiger charge is -2.43. The summed E-state index contributed by atoms with van der Waals surface area (Å²) in [5.41, 5.74) is 0. The van der Waals surface area contributed by atoms with Gasteiger partial charge in [-0.15, -0.1) is 0 Å². The van der Waals surface area contributed by atoms with Crippen molar-refractivity contribution >= 4 is 0 Å². The largest absolute Gasteiger partial charge is 0.445 e. The van der Waals surface area contributed by atoms with E-state index in [4.69, 9.17) is 5.11 Å². The molecule has 1 nitrogen and oxygen atoms in total. The van der Waals surface area contributed by atoms with Crippen molar-refractivity contribution in [2.75, 3.05) is 0 Å². The van der Waals surface area contributed by atoms with Crippen molar-refractivity contribution in [3.63, 3.8) is 0 Å². The van der Waals surface area contributed by atoms with Gasteiger partial charge in [-0.1, -0.05) is 0 Å². The lowest BCUT2D eigenvalue weighted by Crippen LogP contribution is -2.76. The smallest absolute Gasteiger partial charge is 0.331 e. The Bertz CT molecular complexity index is 853. The van der Waals surface area contributed by atoms with Crippen LogP contribution in [0.3, 0.4) is 0 Å². The number of hydrogen-bond donors (Lipinski definition) is 1. The van der Waals surface area contributed by atoms with Crippen LogP contribution in [0.15, 0.2) is 11.7 Å². The summed E-state index contributed by atoms with van der Waals surface area (Å²) in [6, 6.07) is 0. The zero-order valence-electron chi connectivity index (χ0n) is 15.1. The zero-order valence-corrected chi connectivity index (χ0v) is 15.1. The minimum Gasteiger partial charge on any atom is -0.331 e. The van der Waals surface area contributed by atoms with Gasteiger partial charge < -0.3 is 5.11 Å². The molecule has 0 aliphatic carbocycles. The van der Waals surface area contributed by atoms with Crippen molar-refractivity contribution in [1.82, 2.24) is 0 Å². The molecule has 1 N–H and O–H groups in total. The van der Waals surface area contributed by atoms with Crippen LogP contribution in [-0.2, 0) is 0 Å². The van der Waals surface area contributed by atoms with Gasteiger partial charge in [-0.05, 0) is 0 Å². The first kappa shape index (κ1) is 34.1. The summed E-state index contributed by atoms with van der Waals surface area (Å²) in [5, 5.41) is 7.42. The van der Waals surface area contributed by atoms with Gasteiger partial charge in [0.15, 0.2) is 0 Å². The quantitative estimate of drug-likeness (QED) is 0.275. The summed E-state index contributed by atoms with van der Waals surface area (Å²) < 4.78 is 295. The third-order valence-electron chi connectivity index (χ3n) is 3.86. The van der Waals surface area contributed by atoms with Crippen LogP contribution in [0.2, 0.25) is 0 Å². The van der Waals surface area contributed by atoms with Crippen molar-refractivity contribution in [2.45, 2.75) is 59.7 Å². The summed E-state index contributed by atoms with van der Waals surface area (Å²) >= 11 is 0. The van der Waals surface area contributed by atoms with E-state index in [0.29, 0.717) is 0 Å². The Labute approximate surface area is 179 Å². The second-order valence-corrected chi connectivity index (χ2v) is 6.26. The maximum absolute atomic E-state index is 13.3. The fourth-order valence-corrected chi connectivity index (χ4v) is 1.77. The molecule has 0 radical (unpaired) electrons. The van der Waals surface area contributed by atoms with Crippen LogP contribution in [0.25, 0.3) is 0 Å². The first-order valence-electron chi connectivity index (χ1n) is 7.32. The van der Waals surface area contributed by atoms with Gasteiger partial charge in [0.2, 0.25) is 11.7 Å². The average Bonchev–Trinajstić information content (AvgIpc) is 2.63. The molecule has 0 unspecified atom stereocenters. The van der Waals surface area contributed by atoms with E-state index >= 15 is 0 Å². The van der Waals surface area contributed by atoms with Gasteiger partial charge in [-0.2, -0.15) is 96.6 Å². The number of alkyl halides is 21. The third kappa shape index (κ3) is 4.19. The van der Waals surface area contributed by atoms with E-state index < -0.39 is 71.3 Å². The highest BCUT2D eigenvalue weighted by Gasteiger charge is 2.96. The molecular weight excluding hydrogens is 597 g/mol. The van der Waals surface area contributed by atoms with Gasteiger partial charge in [0.05, 0.1) is 0 Å². The van der Waals surface area contributed by atoms with E-state index in [-0.39, 0.29) is 0 Å². The van der Waals surface area contributed by atoms with Crippen LogP contribution in [0, 0.1) is 0 Å². The summed E-state index contributed by atoms with van der Waals surface area (Å²) in [4.78, 5) is 0. The Morgan fingerprint density at radius 2 is 0.556 bits per heavy atom. The molecule has 0 aliphatic rings. The minimum absolute atomic E-state index is 5.11. The van der Waals surface area contributed by atoms with E-state index in [0.717, 1.165) is 0 Å². The Kier molecular flexibility index (Phi) is 7.86. The van der Waals surface area contributed by atoms with Gasteiger partial charge in [0.25, 0.3) is 0 Å². The van der Waals surface area contributed by atoms with Crippen molar-refractivity contribution in [3.05, 3.63) is 11.7 Å². The molecule has 0 aliphatic heterocycles. The molecule has 0 amide bonds. The molecule has 0 atom stereocenters. The van der Waals surface area contributed by atoms with Crippen LogP contribution in [0.4, 0.5) is 101 Å². The van der Waals surface area contributed by atoms with Crippen LogP contribution < -0.4 is 0 Å². The molecule has 0 aromatic heterocycles. The summed E-state index contributed by atoms with van der Waals surface area (Å²) in [6.45, 7) is 0. The molecule has 0 aromatic carbocycles. The van der Waals surface area contributed by atoms with E-state index in [2.05, 4.69) is 0 Å². The lowest BCUT2D eigenvalue weighted by atomic mass is 9.87. The summed E-state index contributed by atoms with van der Waals surface area (Å²) in [7, 11) is 0. The van der Waals surface area contributed by atoms with Gasteiger partial charge in [-0.3, -0.25) is 0 Å². The molecule has 0 rings (SSSR count). The Morgan fingerprint density at radius 3 is 0.778 bits per heavy atom. The fraction of sp³-hybridized carbons (Fsp3) is 0.833. The van der Waals surface area contributed by atoms with Gasteiger partial charge in [0, 0.05) is 0 Å². The SMILES string of the molecule is OC(F)(F)C(F)(F)C(F)(F)C(F)(F)C(F)(F)C(F)(F)C(F)(F)C(F)(F)C(F)(F)/C(F)=C(\F)C(F)(F)F. The van der Waals surface area contributed by atoms with Crippen molar-refractivity contribution < 1.29 is 106 Å². The van der Waals surface area contributed by atoms with Gasteiger partial charge in [0.1, 0.15) is 0 Å². The number of halogens is 23. The van der Waals surface area contributed by atoms with E-state index in [1.54, 1.807) is 0 Å². The van der Waals surface area contributed by atoms with Crippen LogP contribution >= 0.6 is 0 Å². The number of allylic oxidation sites excluding steroid dienone is 2. The standard InChI is InChI=1S/C12HF23O/c13-1(2(14)4(17,18)19)3(15,16)5(20,21)6(22,23)7(24,25)8(26,27)9(28,29)10(30,31)11(32,33)12(34,35)36/h36H/b2-1+. The average molecular weight is 598 g/mol. The molecule has 36 heavy (non-hydrogen) atoms. The van der Waals surface area contributed by atoms with Crippen molar-refractivity contribution in [2.24, 2.45) is 0 Å². The summed E-state index contributed by atoms with van der Waals surface area (Å²) in [6.07, 6.45) is -14.7. The number of rotatable bonds is 9. The second kappa shape index (κ2) is 8.30. The maximum atomic E-state index is 13.3. The van der Waals surface area contributed by atoms with Crippen LogP contribution in [0.5, 0.6) is 0 Å². The predicted octanol–water partition coefficient (Wildman–Crippen LogP) is 7.37. The molecule has 0 spiro atoms. The van der Waals surface area contributed by atoms with E-state index in [1.165, 1.54) is 0 Å². The molecule has 0 saturated heterocycles. The second-order valence-electron chi connectivity index (χ2n) is 6.26. The molecule has 0 aromatic rings. The molecular formula is C12HF23O. The lowest BCUT2D eigenvalue weighted by molar-refractivity contribution is -0.473.